The first-order valence-corrected chi connectivity index (χ1v) is 12.4. The number of nitrogens with zero attached hydrogens (tertiary/aromatic N) is 1. The number of carbonyl (C=O) groups excluding carboxylic acids is 1. The van der Waals surface area contributed by atoms with Crippen molar-refractivity contribution in [3.05, 3.63) is 42.2 Å². The number of rotatable bonds is 10. The molecule has 0 radical (unpaired) electrons. The number of hydrogen-bond acceptors (Lipinski definition) is 9. The lowest BCUT2D eigenvalue weighted by atomic mass is 10.0. The van der Waals surface area contributed by atoms with Gasteiger partial charge < -0.3 is 28.8 Å². The van der Waals surface area contributed by atoms with Gasteiger partial charge in [-0.1, -0.05) is 13.8 Å². The molecule has 0 bridgehead atoms. The minimum atomic E-state index is -0.565. The standard InChI is InChI=1S/C27H38N2O7/c1-17(2)16-34-24-8-6-7-21(29-15-22-25(30)23(33-5)13-14-28-22)27(31)35-18(3)26(24)36-20-11-9-19(32-4)10-12-20/h9-14,17-18,21,24,26,29-30H,6-8,15-16H2,1-5H3/t18-,21-,24-,26-/m0/s1. The first-order valence-electron chi connectivity index (χ1n) is 12.4. The number of hydrogen-bond donors (Lipinski definition) is 2. The normalized spacial score (nSPS) is 22.8. The van der Waals surface area contributed by atoms with E-state index in [2.05, 4.69) is 24.1 Å². The van der Waals surface area contributed by atoms with Gasteiger partial charge in [0.15, 0.2) is 17.6 Å². The Morgan fingerprint density at radius 1 is 1.11 bits per heavy atom. The number of ether oxygens (including phenoxy) is 5. The fourth-order valence-electron chi connectivity index (χ4n) is 4.09. The number of pyridine rings is 1. The highest BCUT2D eigenvalue weighted by Crippen LogP contribution is 2.28. The van der Waals surface area contributed by atoms with Gasteiger partial charge in [0, 0.05) is 25.4 Å². The minimum Gasteiger partial charge on any atom is -0.503 e. The lowest BCUT2D eigenvalue weighted by Gasteiger charge is -2.32. The number of aromatic hydroxyl groups is 1. The first kappa shape index (κ1) is 27.5. The molecule has 0 spiro atoms. The predicted octanol–water partition coefficient (Wildman–Crippen LogP) is 3.87. The highest BCUT2D eigenvalue weighted by atomic mass is 16.6. The maximum Gasteiger partial charge on any atom is 0.323 e. The van der Waals surface area contributed by atoms with Crippen molar-refractivity contribution in [3.8, 4) is 23.0 Å². The van der Waals surface area contributed by atoms with Crippen LogP contribution in [0.5, 0.6) is 23.0 Å². The Morgan fingerprint density at radius 2 is 1.83 bits per heavy atom. The molecule has 0 saturated carbocycles. The van der Waals surface area contributed by atoms with Gasteiger partial charge in [-0.3, -0.25) is 15.1 Å². The molecule has 2 N–H and O–H groups in total. The average molecular weight is 503 g/mol. The molecule has 4 atom stereocenters. The maximum absolute atomic E-state index is 13.1. The van der Waals surface area contributed by atoms with Gasteiger partial charge in [0.25, 0.3) is 0 Å². The molecule has 0 unspecified atom stereocenters. The highest BCUT2D eigenvalue weighted by Gasteiger charge is 2.36. The molecule has 2 aromatic rings. The van der Waals surface area contributed by atoms with E-state index in [0.717, 1.165) is 12.2 Å². The van der Waals surface area contributed by atoms with Gasteiger partial charge in [-0.15, -0.1) is 0 Å². The summed E-state index contributed by atoms with van der Waals surface area (Å²) in [7, 11) is 3.09. The van der Waals surface area contributed by atoms with Crippen molar-refractivity contribution in [2.24, 2.45) is 5.92 Å². The monoisotopic (exact) mass is 502 g/mol. The topological polar surface area (TPSA) is 108 Å². The smallest absolute Gasteiger partial charge is 0.323 e. The maximum atomic E-state index is 13.1. The van der Waals surface area contributed by atoms with Crippen LogP contribution in [0, 0.1) is 5.92 Å². The van der Waals surface area contributed by atoms with Crippen LogP contribution in [-0.2, 0) is 20.8 Å². The number of esters is 1. The van der Waals surface area contributed by atoms with Gasteiger partial charge >= 0.3 is 5.97 Å². The molecule has 1 aliphatic heterocycles. The third kappa shape index (κ3) is 7.48. The van der Waals surface area contributed by atoms with E-state index in [-0.39, 0.29) is 24.4 Å². The van der Waals surface area contributed by atoms with Gasteiger partial charge in [-0.25, -0.2) is 0 Å². The molecule has 36 heavy (non-hydrogen) atoms. The van der Waals surface area contributed by atoms with Crippen molar-refractivity contribution in [1.82, 2.24) is 10.3 Å². The summed E-state index contributed by atoms with van der Waals surface area (Å²) in [5.41, 5.74) is 0.397. The van der Waals surface area contributed by atoms with Crippen molar-refractivity contribution < 1.29 is 33.6 Å². The van der Waals surface area contributed by atoms with Gasteiger partial charge in [0.05, 0.1) is 26.0 Å². The molecule has 1 fully saturated rings. The molecule has 1 aromatic heterocycles. The summed E-state index contributed by atoms with van der Waals surface area (Å²) >= 11 is 0. The van der Waals surface area contributed by atoms with Crippen LogP contribution in [0.1, 0.15) is 45.7 Å². The van der Waals surface area contributed by atoms with Crippen LogP contribution in [0.2, 0.25) is 0 Å². The second-order valence-corrected chi connectivity index (χ2v) is 9.34. The molecule has 198 valence electrons. The molecule has 1 aromatic carbocycles. The molecule has 0 aliphatic carbocycles. The Labute approximate surface area is 213 Å². The zero-order valence-electron chi connectivity index (χ0n) is 21.7. The summed E-state index contributed by atoms with van der Waals surface area (Å²) in [6.07, 6.45) is 2.24. The highest BCUT2D eigenvalue weighted by molar-refractivity contribution is 5.76. The number of carbonyl (C=O) groups is 1. The molecule has 9 heteroatoms. The van der Waals surface area contributed by atoms with Crippen molar-refractivity contribution in [2.45, 2.75) is 70.9 Å². The molecule has 9 nitrogen and oxygen atoms in total. The van der Waals surface area contributed by atoms with Crippen LogP contribution in [-0.4, -0.2) is 61.2 Å². The number of benzene rings is 1. The largest absolute Gasteiger partial charge is 0.503 e. The Kier molecular flexibility index (Phi) is 10.2. The predicted molar refractivity (Wildman–Crippen MR) is 134 cm³/mol. The van der Waals surface area contributed by atoms with Crippen LogP contribution in [0.4, 0.5) is 0 Å². The second kappa shape index (κ2) is 13.3. The number of cyclic esters (lactones) is 1. The van der Waals surface area contributed by atoms with Gasteiger partial charge in [0.2, 0.25) is 0 Å². The lowest BCUT2D eigenvalue weighted by molar-refractivity contribution is -0.160. The molecule has 1 aliphatic rings. The van der Waals surface area contributed by atoms with E-state index in [4.69, 9.17) is 23.7 Å². The Bertz CT molecular complexity index is 967. The summed E-state index contributed by atoms with van der Waals surface area (Å²) in [4.78, 5) is 17.3. The molecule has 2 heterocycles. The second-order valence-electron chi connectivity index (χ2n) is 9.34. The SMILES string of the molecule is COc1ccc(O[C@H]2[C@H](C)OC(=O)[C@@H](NCc3nccc(OC)c3O)CCC[C@@H]2OCC(C)C)cc1. The first-order chi connectivity index (χ1) is 17.3. The summed E-state index contributed by atoms with van der Waals surface area (Å²) in [5, 5.41) is 13.5. The number of aromatic nitrogens is 1. The van der Waals surface area contributed by atoms with Crippen molar-refractivity contribution in [3.63, 3.8) is 0 Å². The Balaban J connectivity index is 1.74. The van der Waals surface area contributed by atoms with E-state index in [9.17, 15) is 9.90 Å². The fraction of sp³-hybridized carbons (Fsp3) is 0.556. The van der Waals surface area contributed by atoms with E-state index < -0.39 is 18.2 Å². The van der Waals surface area contributed by atoms with Crippen LogP contribution >= 0.6 is 0 Å². The van der Waals surface area contributed by atoms with Crippen LogP contribution in [0.25, 0.3) is 0 Å². The summed E-state index contributed by atoms with van der Waals surface area (Å²) in [6, 6.07) is 8.33. The average Bonchev–Trinajstić information content (AvgIpc) is 2.91. The third-order valence-electron chi connectivity index (χ3n) is 6.07. The lowest BCUT2D eigenvalue weighted by Crippen LogP contribution is -2.46. The Hall–Kier alpha value is -3.04. The minimum absolute atomic E-state index is 0.0487. The van der Waals surface area contributed by atoms with Crippen molar-refractivity contribution in [2.75, 3.05) is 20.8 Å². The van der Waals surface area contributed by atoms with Gasteiger partial charge in [0.1, 0.15) is 23.6 Å². The van der Waals surface area contributed by atoms with Crippen LogP contribution in [0.3, 0.4) is 0 Å². The van der Waals surface area contributed by atoms with Crippen molar-refractivity contribution >= 4 is 5.97 Å². The quantitative estimate of drug-likeness (QED) is 0.468. The van der Waals surface area contributed by atoms with Crippen LogP contribution < -0.4 is 19.5 Å². The van der Waals surface area contributed by atoms with E-state index >= 15 is 0 Å². The number of methoxy groups -OCH3 is 2. The van der Waals surface area contributed by atoms with Crippen LogP contribution in [0.15, 0.2) is 36.5 Å². The zero-order valence-corrected chi connectivity index (χ0v) is 21.7. The third-order valence-corrected chi connectivity index (χ3v) is 6.07. The Morgan fingerprint density at radius 3 is 2.50 bits per heavy atom. The van der Waals surface area contributed by atoms with Gasteiger partial charge in [-0.2, -0.15) is 0 Å². The molecular formula is C27H38N2O7. The molecular weight excluding hydrogens is 464 g/mol. The van der Waals surface area contributed by atoms with E-state index in [0.29, 0.717) is 42.6 Å². The van der Waals surface area contributed by atoms with E-state index in [1.807, 2.05) is 31.2 Å². The summed E-state index contributed by atoms with van der Waals surface area (Å²) < 4.78 is 28.8. The molecule has 0 amide bonds. The van der Waals surface area contributed by atoms with E-state index in [1.54, 1.807) is 19.4 Å². The molecule has 1 saturated heterocycles. The summed E-state index contributed by atoms with van der Waals surface area (Å²) in [6.45, 7) is 6.79. The zero-order chi connectivity index (χ0) is 26.1. The molecule has 3 rings (SSSR count). The fourth-order valence-corrected chi connectivity index (χ4v) is 4.09. The number of nitrogens with one attached hydrogen (secondary N) is 1. The van der Waals surface area contributed by atoms with E-state index in [1.165, 1.54) is 7.11 Å². The van der Waals surface area contributed by atoms with Gasteiger partial charge in [-0.05, 0) is 56.4 Å². The van der Waals surface area contributed by atoms with Crippen molar-refractivity contribution in [1.29, 1.82) is 0 Å². The summed E-state index contributed by atoms with van der Waals surface area (Å²) in [5.74, 6) is 1.64.